The van der Waals surface area contributed by atoms with Crippen molar-refractivity contribution >= 4 is 52.6 Å². The molecular weight excluding hydrogens is 494 g/mol. The van der Waals surface area contributed by atoms with Gasteiger partial charge in [0.25, 0.3) is 5.91 Å². The SMILES string of the molecule is O=C(Nc1ccc(Oc2ccc(C(F)(F)F)c(Cl)n2)cc1)N(Cl)C(=O)c1ccccc1Cl. The van der Waals surface area contributed by atoms with Crippen LogP contribution in [0.1, 0.15) is 15.9 Å². The first-order chi connectivity index (χ1) is 15.1. The number of benzene rings is 2. The maximum Gasteiger partial charge on any atom is 0.419 e. The highest BCUT2D eigenvalue weighted by molar-refractivity contribution is 6.38. The lowest BCUT2D eigenvalue weighted by Crippen LogP contribution is -2.32. The summed E-state index contributed by atoms with van der Waals surface area (Å²) >= 11 is 17.3. The number of hydrogen-bond acceptors (Lipinski definition) is 4. The average molecular weight is 505 g/mol. The van der Waals surface area contributed by atoms with E-state index in [1.807, 2.05) is 0 Å². The Balaban J connectivity index is 1.64. The van der Waals surface area contributed by atoms with Gasteiger partial charge >= 0.3 is 12.2 Å². The monoisotopic (exact) mass is 503 g/mol. The molecule has 0 atom stereocenters. The van der Waals surface area contributed by atoms with Crippen molar-refractivity contribution in [3.05, 3.63) is 82.0 Å². The summed E-state index contributed by atoms with van der Waals surface area (Å²) in [6.45, 7) is 0. The fourth-order valence-corrected chi connectivity index (χ4v) is 3.02. The smallest absolute Gasteiger partial charge is 0.419 e. The standard InChI is InChI=1S/C20H11Cl3F3N3O3/c21-15-4-2-1-3-13(15)18(30)29(23)19(31)27-11-5-7-12(8-6-11)32-16-10-9-14(17(22)28-16)20(24,25)26/h1-10H,(H,27,31). The number of urea groups is 1. The zero-order valence-corrected chi connectivity index (χ0v) is 17.9. The van der Waals surface area contributed by atoms with Gasteiger partial charge in [-0.25, -0.2) is 9.78 Å². The van der Waals surface area contributed by atoms with Gasteiger partial charge in [-0.15, -0.1) is 0 Å². The zero-order chi connectivity index (χ0) is 23.5. The van der Waals surface area contributed by atoms with E-state index >= 15 is 0 Å². The number of pyridine rings is 1. The average Bonchev–Trinajstić information content (AvgIpc) is 2.73. The number of ether oxygens (including phenoxy) is 1. The molecule has 0 unspecified atom stereocenters. The first kappa shape index (κ1) is 23.6. The van der Waals surface area contributed by atoms with E-state index in [0.717, 1.165) is 12.1 Å². The summed E-state index contributed by atoms with van der Waals surface area (Å²) in [5.41, 5.74) is -0.773. The van der Waals surface area contributed by atoms with Crippen molar-refractivity contribution in [2.75, 3.05) is 5.32 Å². The Morgan fingerprint density at radius 3 is 2.22 bits per heavy atom. The second-order valence-electron chi connectivity index (χ2n) is 6.11. The van der Waals surface area contributed by atoms with Gasteiger partial charge in [-0.3, -0.25) is 4.79 Å². The molecule has 2 aromatic carbocycles. The summed E-state index contributed by atoms with van der Waals surface area (Å²) in [4.78, 5) is 28.1. The molecule has 0 fully saturated rings. The highest BCUT2D eigenvalue weighted by atomic mass is 35.5. The number of hydrogen-bond donors (Lipinski definition) is 1. The van der Waals surface area contributed by atoms with Gasteiger partial charge in [0, 0.05) is 23.5 Å². The molecule has 0 saturated carbocycles. The quantitative estimate of drug-likeness (QED) is 0.306. The molecule has 166 valence electrons. The molecule has 3 amide bonds. The molecule has 1 heterocycles. The zero-order valence-electron chi connectivity index (χ0n) is 15.7. The van der Waals surface area contributed by atoms with E-state index in [0.29, 0.717) is 4.42 Å². The second kappa shape index (κ2) is 9.64. The lowest BCUT2D eigenvalue weighted by atomic mass is 10.2. The molecule has 0 radical (unpaired) electrons. The number of rotatable bonds is 4. The highest BCUT2D eigenvalue weighted by Crippen LogP contribution is 2.35. The highest BCUT2D eigenvalue weighted by Gasteiger charge is 2.34. The lowest BCUT2D eigenvalue weighted by Gasteiger charge is -2.14. The molecule has 0 bridgehead atoms. The van der Waals surface area contributed by atoms with Crippen LogP contribution in [0.5, 0.6) is 11.6 Å². The molecule has 12 heteroatoms. The van der Waals surface area contributed by atoms with Crippen LogP contribution in [0.4, 0.5) is 23.7 Å². The van der Waals surface area contributed by atoms with Crippen molar-refractivity contribution in [2.24, 2.45) is 0 Å². The van der Waals surface area contributed by atoms with E-state index in [1.54, 1.807) is 12.1 Å². The third kappa shape index (κ3) is 5.61. The molecule has 1 N–H and O–H groups in total. The van der Waals surface area contributed by atoms with Crippen molar-refractivity contribution < 1.29 is 27.5 Å². The van der Waals surface area contributed by atoms with Crippen LogP contribution in [0.15, 0.2) is 60.7 Å². The molecule has 0 saturated heterocycles. The number of aromatic nitrogens is 1. The van der Waals surface area contributed by atoms with E-state index in [9.17, 15) is 22.8 Å². The Morgan fingerprint density at radius 2 is 1.62 bits per heavy atom. The number of imide groups is 1. The van der Waals surface area contributed by atoms with Crippen LogP contribution >= 0.6 is 35.0 Å². The maximum absolute atomic E-state index is 12.7. The van der Waals surface area contributed by atoms with Crippen molar-refractivity contribution in [3.8, 4) is 11.6 Å². The largest absolute Gasteiger partial charge is 0.439 e. The Bertz CT molecular complexity index is 1160. The molecule has 0 spiro atoms. The Hall–Kier alpha value is -3.01. The molecule has 1 aromatic heterocycles. The van der Waals surface area contributed by atoms with E-state index in [1.165, 1.54) is 36.4 Å². The number of alkyl halides is 3. The number of nitrogens with zero attached hydrogens (tertiary/aromatic N) is 2. The number of anilines is 1. The van der Waals surface area contributed by atoms with Gasteiger partial charge in [0.15, 0.2) is 0 Å². The fraction of sp³-hybridized carbons (Fsp3) is 0.0500. The van der Waals surface area contributed by atoms with Gasteiger partial charge in [0.05, 0.1) is 16.1 Å². The van der Waals surface area contributed by atoms with Crippen LogP contribution in [0, 0.1) is 0 Å². The van der Waals surface area contributed by atoms with Crippen LogP contribution in [-0.4, -0.2) is 21.3 Å². The molecule has 3 rings (SSSR count). The minimum Gasteiger partial charge on any atom is -0.439 e. The Kier molecular flexibility index (Phi) is 7.12. The first-order valence-electron chi connectivity index (χ1n) is 8.63. The first-order valence-corrected chi connectivity index (χ1v) is 9.73. The normalized spacial score (nSPS) is 11.1. The van der Waals surface area contributed by atoms with E-state index in [4.69, 9.17) is 39.7 Å². The van der Waals surface area contributed by atoms with Crippen molar-refractivity contribution in [1.29, 1.82) is 0 Å². The van der Waals surface area contributed by atoms with Crippen LogP contribution in [-0.2, 0) is 6.18 Å². The Labute approximate surface area is 194 Å². The second-order valence-corrected chi connectivity index (χ2v) is 7.21. The summed E-state index contributed by atoms with van der Waals surface area (Å²) < 4.78 is 43.9. The maximum atomic E-state index is 12.7. The molecule has 0 aliphatic carbocycles. The summed E-state index contributed by atoms with van der Waals surface area (Å²) in [5.74, 6) is -0.766. The number of carbonyl (C=O) groups is 2. The predicted octanol–water partition coefficient (Wildman–Crippen LogP) is 7.03. The summed E-state index contributed by atoms with van der Waals surface area (Å²) in [5, 5.41) is 1.80. The minimum atomic E-state index is -4.63. The number of halogens is 6. The van der Waals surface area contributed by atoms with E-state index in [-0.39, 0.29) is 27.9 Å². The molecular formula is C20H11Cl3F3N3O3. The summed E-state index contributed by atoms with van der Waals surface area (Å²) in [6.07, 6.45) is -4.63. The Morgan fingerprint density at radius 1 is 0.969 bits per heavy atom. The fourth-order valence-electron chi connectivity index (χ4n) is 2.42. The van der Waals surface area contributed by atoms with Crippen LogP contribution < -0.4 is 10.1 Å². The number of amides is 3. The van der Waals surface area contributed by atoms with Gasteiger partial charge in [-0.1, -0.05) is 35.3 Å². The predicted molar refractivity (Wildman–Crippen MR) is 113 cm³/mol. The van der Waals surface area contributed by atoms with E-state index in [2.05, 4.69) is 10.3 Å². The minimum absolute atomic E-state index is 0.0470. The molecule has 32 heavy (non-hydrogen) atoms. The molecule has 3 aromatic rings. The summed E-state index contributed by atoms with van der Waals surface area (Å²) in [7, 11) is 0. The van der Waals surface area contributed by atoms with Crippen molar-refractivity contribution in [1.82, 2.24) is 9.40 Å². The van der Waals surface area contributed by atoms with E-state index < -0.39 is 28.8 Å². The van der Waals surface area contributed by atoms with Gasteiger partial charge in [-0.2, -0.15) is 17.6 Å². The van der Waals surface area contributed by atoms with Crippen LogP contribution in [0.2, 0.25) is 10.2 Å². The summed E-state index contributed by atoms with van der Waals surface area (Å²) in [6, 6.07) is 12.6. The topological polar surface area (TPSA) is 71.5 Å². The van der Waals surface area contributed by atoms with Crippen molar-refractivity contribution in [3.63, 3.8) is 0 Å². The number of carbonyl (C=O) groups excluding carboxylic acids is 2. The van der Waals surface area contributed by atoms with Gasteiger partial charge in [0.1, 0.15) is 10.9 Å². The van der Waals surface area contributed by atoms with Gasteiger partial charge in [0.2, 0.25) is 5.88 Å². The van der Waals surface area contributed by atoms with Crippen LogP contribution in [0.3, 0.4) is 0 Å². The number of nitrogens with one attached hydrogen (secondary N) is 1. The molecule has 0 aliphatic heterocycles. The van der Waals surface area contributed by atoms with Crippen LogP contribution in [0.25, 0.3) is 0 Å². The van der Waals surface area contributed by atoms with Crippen molar-refractivity contribution in [2.45, 2.75) is 6.18 Å². The van der Waals surface area contributed by atoms with Gasteiger partial charge < -0.3 is 10.1 Å². The molecule has 0 aliphatic rings. The lowest BCUT2D eigenvalue weighted by molar-refractivity contribution is -0.137. The third-order valence-electron chi connectivity index (χ3n) is 3.92. The van der Waals surface area contributed by atoms with Gasteiger partial charge in [-0.05, 0) is 42.5 Å². The molecule has 6 nitrogen and oxygen atoms in total. The third-order valence-corrected chi connectivity index (χ3v) is 4.84.